The summed E-state index contributed by atoms with van der Waals surface area (Å²) in [6, 6.07) is 13.8. The summed E-state index contributed by atoms with van der Waals surface area (Å²) in [6.45, 7) is 0.800. The first-order valence-corrected chi connectivity index (χ1v) is 8.90. The van der Waals surface area contributed by atoms with Crippen LogP contribution in [0.3, 0.4) is 0 Å². The fourth-order valence-corrected chi connectivity index (χ4v) is 3.84. The molecule has 0 saturated heterocycles. The van der Waals surface area contributed by atoms with Crippen molar-refractivity contribution < 1.29 is 14.3 Å². The number of hydrogen-bond donors (Lipinski definition) is 1. The molecule has 2 aromatic carbocycles. The molecule has 1 saturated carbocycles. The second-order valence-corrected chi connectivity index (χ2v) is 7.28. The zero-order chi connectivity index (χ0) is 16.6. The number of ether oxygens (including phenoxy) is 2. The Morgan fingerprint density at radius 2 is 2.00 bits per heavy atom. The van der Waals surface area contributed by atoms with Crippen molar-refractivity contribution in [2.24, 2.45) is 0 Å². The van der Waals surface area contributed by atoms with Gasteiger partial charge in [0.15, 0.2) is 11.5 Å². The number of nitrogens with one attached hydrogen (secondary N) is 1. The van der Waals surface area contributed by atoms with Crippen molar-refractivity contribution in [1.82, 2.24) is 5.32 Å². The van der Waals surface area contributed by atoms with Crippen molar-refractivity contribution in [1.29, 1.82) is 0 Å². The van der Waals surface area contributed by atoms with Crippen LogP contribution in [-0.2, 0) is 5.41 Å². The first-order chi connectivity index (χ1) is 11.7. The molecule has 4 nitrogen and oxygen atoms in total. The predicted octanol–water partition coefficient (Wildman–Crippen LogP) is 4.03. The van der Waals surface area contributed by atoms with Crippen LogP contribution in [0.25, 0.3) is 0 Å². The number of hydrogen-bond acceptors (Lipinski definition) is 3. The van der Waals surface area contributed by atoms with Gasteiger partial charge < -0.3 is 14.8 Å². The number of carbonyl (C=O) groups excluding carboxylic acids is 1. The Kier molecular flexibility index (Phi) is 3.96. The molecule has 0 unspecified atom stereocenters. The zero-order valence-electron chi connectivity index (χ0n) is 13.2. The van der Waals surface area contributed by atoms with Gasteiger partial charge in [0.25, 0.3) is 5.91 Å². The van der Waals surface area contributed by atoms with E-state index in [4.69, 9.17) is 9.47 Å². The van der Waals surface area contributed by atoms with Gasteiger partial charge in [0.2, 0.25) is 6.79 Å². The molecular weight excluding hydrogens is 370 g/mol. The molecule has 124 valence electrons. The predicted molar refractivity (Wildman–Crippen MR) is 94.6 cm³/mol. The topological polar surface area (TPSA) is 47.6 Å². The fraction of sp³-hybridized carbons (Fsp3) is 0.316. The molecule has 1 N–H and O–H groups in total. The molecule has 2 aromatic rings. The maximum Gasteiger partial charge on any atom is 0.255 e. The molecular formula is C19H18BrNO3. The van der Waals surface area contributed by atoms with E-state index in [1.807, 2.05) is 18.2 Å². The van der Waals surface area contributed by atoms with Crippen molar-refractivity contribution in [3.05, 3.63) is 58.1 Å². The molecule has 24 heavy (non-hydrogen) atoms. The van der Waals surface area contributed by atoms with Crippen LogP contribution >= 0.6 is 15.9 Å². The van der Waals surface area contributed by atoms with Gasteiger partial charge in [0.1, 0.15) is 0 Å². The first kappa shape index (κ1) is 15.5. The Balaban J connectivity index is 1.52. The highest BCUT2D eigenvalue weighted by Crippen LogP contribution is 2.44. The number of rotatable bonds is 4. The fourth-order valence-electron chi connectivity index (χ4n) is 3.44. The van der Waals surface area contributed by atoms with Crippen molar-refractivity contribution in [3.8, 4) is 11.5 Å². The van der Waals surface area contributed by atoms with E-state index in [1.165, 1.54) is 12.0 Å². The van der Waals surface area contributed by atoms with Gasteiger partial charge in [0, 0.05) is 16.4 Å². The average molecular weight is 388 g/mol. The van der Waals surface area contributed by atoms with Crippen LogP contribution in [0.15, 0.2) is 46.9 Å². The third-order valence-corrected chi connectivity index (χ3v) is 5.47. The maximum atomic E-state index is 12.6. The zero-order valence-corrected chi connectivity index (χ0v) is 14.8. The van der Waals surface area contributed by atoms with Gasteiger partial charge in [-0.15, -0.1) is 0 Å². The van der Waals surface area contributed by atoms with E-state index in [2.05, 4.69) is 39.4 Å². The summed E-state index contributed by atoms with van der Waals surface area (Å²) in [4.78, 5) is 12.6. The Hall–Kier alpha value is -2.01. The van der Waals surface area contributed by atoms with Gasteiger partial charge in [-0.2, -0.15) is 0 Å². The summed E-state index contributed by atoms with van der Waals surface area (Å²) in [6.07, 6.45) is 3.38. The number of para-hydroxylation sites is 1. The van der Waals surface area contributed by atoms with Crippen LogP contribution in [0.1, 0.15) is 35.2 Å². The quantitative estimate of drug-likeness (QED) is 0.861. The Morgan fingerprint density at radius 3 is 2.75 bits per heavy atom. The van der Waals surface area contributed by atoms with E-state index in [1.54, 1.807) is 6.07 Å². The molecule has 1 aliphatic heterocycles. The number of benzene rings is 2. The number of amides is 1. The van der Waals surface area contributed by atoms with Gasteiger partial charge >= 0.3 is 0 Å². The lowest BCUT2D eigenvalue weighted by atomic mass is 9.64. The second kappa shape index (κ2) is 6.13. The summed E-state index contributed by atoms with van der Waals surface area (Å²) in [7, 11) is 0. The minimum absolute atomic E-state index is 0.0365. The minimum atomic E-state index is -0.112. The smallest absolute Gasteiger partial charge is 0.255 e. The van der Waals surface area contributed by atoms with Gasteiger partial charge in [-0.25, -0.2) is 0 Å². The Labute approximate surface area is 149 Å². The minimum Gasteiger partial charge on any atom is -0.454 e. The van der Waals surface area contributed by atoms with Gasteiger partial charge in [-0.3, -0.25) is 4.79 Å². The molecule has 1 fully saturated rings. The number of halogens is 1. The monoisotopic (exact) mass is 387 g/mol. The molecule has 0 spiro atoms. The van der Waals surface area contributed by atoms with Crippen molar-refractivity contribution in [3.63, 3.8) is 0 Å². The first-order valence-electron chi connectivity index (χ1n) is 8.11. The standard InChI is InChI=1S/C19H18BrNO3/c20-14-5-1-4-13(10-14)19(8-3-9-19)11-21-18(22)15-6-2-7-16-17(15)24-12-23-16/h1-2,4-7,10H,3,8-9,11-12H2,(H,21,22). The van der Waals surface area contributed by atoms with E-state index in [0.717, 1.165) is 17.3 Å². The van der Waals surface area contributed by atoms with E-state index in [0.29, 0.717) is 23.6 Å². The number of fused-ring (bicyclic) bond motifs is 1. The summed E-state index contributed by atoms with van der Waals surface area (Å²) in [5.74, 6) is 1.06. The molecule has 5 heteroatoms. The lowest BCUT2D eigenvalue weighted by molar-refractivity contribution is 0.0923. The summed E-state index contributed by atoms with van der Waals surface area (Å²) in [5, 5.41) is 3.10. The van der Waals surface area contributed by atoms with Crippen LogP contribution in [0.4, 0.5) is 0 Å². The Bertz CT molecular complexity index is 786. The van der Waals surface area contributed by atoms with Crippen molar-refractivity contribution in [2.75, 3.05) is 13.3 Å². The van der Waals surface area contributed by atoms with Gasteiger partial charge in [-0.1, -0.05) is 40.5 Å². The van der Waals surface area contributed by atoms with Crippen molar-refractivity contribution in [2.45, 2.75) is 24.7 Å². The van der Waals surface area contributed by atoms with Crippen LogP contribution in [0, 0.1) is 0 Å². The third kappa shape index (κ3) is 2.67. The molecule has 1 amide bonds. The highest BCUT2D eigenvalue weighted by molar-refractivity contribution is 9.10. The second-order valence-electron chi connectivity index (χ2n) is 6.37. The SMILES string of the molecule is O=C(NCC1(c2cccc(Br)c2)CCC1)c1cccc2c1OCO2. The summed E-state index contributed by atoms with van der Waals surface area (Å²) in [5.41, 5.74) is 1.85. The summed E-state index contributed by atoms with van der Waals surface area (Å²) >= 11 is 3.54. The molecule has 2 aliphatic rings. The molecule has 0 aromatic heterocycles. The van der Waals surface area contributed by atoms with E-state index in [-0.39, 0.29) is 18.1 Å². The molecule has 1 heterocycles. The van der Waals surface area contributed by atoms with Crippen LogP contribution in [0.5, 0.6) is 11.5 Å². The lowest BCUT2D eigenvalue weighted by Crippen LogP contribution is -2.45. The largest absolute Gasteiger partial charge is 0.454 e. The lowest BCUT2D eigenvalue weighted by Gasteiger charge is -2.42. The molecule has 0 atom stereocenters. The molecule has 0 radical (unpaired) electrons. The highest BCUT2D eigenvalue weighted by atomic mass is 79.9. The molecule has 4 rings (SSSR count). The van der Waals surface area contributed by atoms with E-state index in [9.17, 15) is 4.79 Å². The highest BCUT2D eigenvalue weighted by Gasteiger charge is 2.39. The van der Waals surface area contributed by atoms with Crippen molar-refractivity contribution >= 4 is 21.8 Å². The van der Waals surface area contributed by atoms with E-state index >= 15 is 0 Å². The molecule has 1 aliphatic carbocycles. The Morgan fingerprint density at radius 1 is 1.17 bits per heavy atom. The maximum absolute atomic E-state index is 12.6. The number of carbonyl (C=O) groups is 1. The molecule has 0 bridgehead atoms. The normalized spacial score (nSPS) is 17.2. The van der Waals surface area contributed by atoms with Crippen LogP contribution in [-0.4, -0.2) is 19.2 Å². The summed E-state index contributed by atoms with van der Waals surface area (Å²) < 4.78 is 11.8. The van der Waals surface area contributed by atoms with Gasteiger partial charge in [0.05, 0.1) is 5.56 Å². The van der Waals surface area contributed by atoms with Gasteiger partial charge in [-0.05, 0) is 42.7 Å². The third-order valence-electron chi connectivity index (χ3n) is 4.98. The van der Waals surface area contributed by atoms with Crippen LogP contribution in [0.2, 0.25) is 0 Å². The van der Waals surface area contributed by atoms with E-state index < -0.39 is 0 Å². The van der Waals surface area contributed by atoms with Crippen LogP contribution < -0.4 is 14.8 Å². The average Bonchev–Trinajstić information content (AvgIpc) is 3.02.